The van der Waals surface area contributed by atoms with Crippen LogP contribution in [-0.2, 0) is 13.2 Å². The van der Waals surface area contributed by atoms with Gasteiger partial charge in [-0.1, -0.05) is 24.3 Å². The van der Waals surface area contributed by atoms with E-state index in [1.807, 2.05) is 62.6 Å². The highest BCUT2D eigenvalue weighted by molar-refractivity contribution is 6.09. The lowest BCUT2D eigenvalue weighted by atomic mass is 10.0. The fraction of sp³-hybridized carbons (Fsp3) is 0.143. The maximum Gasteiger partial charge on any atom is 0.259 e. The van der Waals surface area contributed by atoms with Crippen LogP contribution in [0.3, 0.4) is 0 Å². The molecule has 0 aliphatic rings. The maximum absolute atomic E-state index is 15.0. The number of hydrogen-bond acceptors (Lipinski definition) is 5. The van der Waals surface area contributed by atoms with Crippen LogP contribution < -0.4 is 5.32 Å². The van der Waals surface area contributed by atoms with E-state index in [0.29, 0.717) is 16.7 Å². The van der Waals surface area contributed by atoms with Crippen molar-refractivity contribution in [2.24, 2.45) is 0 Å². The average molecular weight is 499 g/mol. The lowest BCUT2D eigenvalue weighted by molar-refractivity contribution is 0.102. The molecule has 9 heteroatoms. The first kappa shape index (κ1) is 24.2. The molecule has 0 atom stereocenters. The van der Waals surface area contributed by atoms with Crippen molar-refractivity contribution in [2.75, 3.05) is 19.4 Å². The quantitative estimate of drug-likeness (QED) is 0.325. The zero-order valence-corrected chi connectivity index (χ0v) is 20.3. The van der Waals surface area contributed by atoms with E-state index in [1.54, 1.807) is 10.7 Å². The van der Waals surface area contributed by atoms with Crippen molar-refractivity contribution in [1.29, 1.82) is 0 Å². The van der Waals surface area contributed by atoms with Crippen molar-refractivity contribution < 1.29 is 13.6 Å². The van der Waals surface area contributed by atoms with Crippen LogP contribution >= 0.6 is 0 Å². The first-order chi connectivity index (χ1) is 17.9. The van der Waals surface area contributed by atoms with E-state index < -0.39 is 18.4 Å². The van der Waals surface area contributed by atoms with Crippen LogP contribution in [0.15, 0.2) is 79.1 Å². The topological polar surface area (TPSA) is 75.9 Å². The van der Waals surface area contributed by atoms with Crippen molar-refractivity contribution in [3.05, 3.63) is 102 Å². The van der Waals surface area contributed by atoms with Gasteiger partial charge in [0.1, 0.15) is 18.3 Å². The molecule has 0 saturated carbocycles. The number of halogens is 2. The first-order valence-corrected chi connectivity index (χ1v) is 11.6. The number of nitrogens with zero attached hydrogens (tertiary/aromatic N) is 5. The molecule has 5 aromatic rings. The van der Waals surface area contributed by atoms with Crippen LogP contribution in [0.2, 0.25) is 0 Å². The molecular weight excluding hydrogens is 474 g/mol. The van der Waals surface area contributed by atoms with Crippen molar-refractivity contribution in [2.45, 2.75) is 13.2 Å². The minimum atomic E-state index is -0.924. The molecule has 2 aromatic heterocycles. The van der Waals surface area contributed by atoms with Crippen LogP contribution in [0, 0.1) is 5.82 Å². The van der Waals surface area contributed by atoms with Crippen LogP contribution in [-0.4, -0.2) is 44.7 Å². The number of rotatable bonds is 7. The van der Waals surface area contributed by atoms with E-state index in [0.717, 1.165) is 23.9 Å². The predicted octanol–water partition coefficient (Wildman–Crippen LogP) is 5.41. The van der Waals surface area contributed by atoms with Gasteiger partial charge in [-0.05, 0) is 67.7 Å². The highest BCUT2D eigenvalue weighted by Crippen LogP contribution is 2.30. The minimum absolute atomic E-state index is 0.0634. The standard InChI is InChI=1S/C28H24F2N6O/c1-35(2)17-18-9-10-21-25(13-18)34-36(20-7-4-3-5-8-20)27(21)33-28(37)23-15-22(19(16-29)14-24(23)30)26-31-11-6-12-32-26/h3-15H,16-17H2,1-2H3,(H,33,37). The summed E-state index contributed by atoms with van der Waals surface area (Å²) in [4.78, 5) is 23.7. The Kier molecular flexibility index (Phi) is 6.70. The van der Waals surface area contributed by atoms with Crippen molar-refractivity contribution in [3.8, 4) is 17.1 Å². The number of nitrogens with one attached hydrogen (secondary N) is 1. The highest BCUT2D eigenvalue weighted by Gasteiger charge is 2.22. The third-order valence-electron chi connectivity index (χ3n) is 5.86. The average Bonchev–Trinajstić information content (AvgIpc) is 3.26. The van der Waals surface area contributed by atoms with E-state index in [1.165, 1.54) is 18.5 Å². The number of carbonyl (C=O) groups excluding carboxylic acids is 1. The van der Waals surface area contributed by atoms with Crippen LogP contribution in [0.5, 0.6) is 0 Å². The van der Waals surface area contributed by atoms with Gasteiger partial charge in [-0.2, -0.15) is 5.10 Å². The number of carbonyl (C=O) groups is 1. The summed E-state index contributed by atoms with van der Waals surface area (Å²) in [5.74, 6) is -0.934. The number of alkyl halides is 1. The Morgan fingerprint density at radius 1 is 1.00 bits per heavy atom. The summed E-state index contributed by atoms with van der Waals surface area (Å²) < 4.78 is 30.3. The second-order valence-corrected chi connectivity index (χ2v) is 8.83. The highest BCUT2D eigenvalue weighted by atomic mass is 19.1. The van der Waals surface area contributed by atoms with Crippen LogP contribution in [0.4, 0.5) is 14.6 Å². The number of aromatic nitrogens is 4. The molecule has 2 heterocycles. The molecule has 186 valence electrons. The Morgan fingerprint density at radius 3 is 2.46 bits per heavy atom. The number of hydrogen-bond donors (Lipinski definition) is 1. The summed E-state index contributed by atoms with van der Waals surface area (Å²) >= 11 is 0. The van der Waals surface area contributed by atoms with Gasteiger partial charge in [0.05, 0.1) is 16.8 Å². The molecule has 0 aliphatic carbocycles. The number of para-hydroxylation sites is 1. The van der Waals surface area contributed by atoms with Gasteiger partial charge in [-0.3, -0.25) is 4.79 Å². The first-order valence-electron chi connectivity index (χ1n) is 11.6. The molecule has 37 heavy (non-hydrogen) atoms. The summed E-state index contributed by atoms with van der Waals surface area (Å²) in [5, 5.41) is 8.28. The molecule has 0 fully saturated rings. The lowest BCUT2D eigenvalue weighted by Gasteiger charge is -2.12. The molecule has 0 aliphatic heterocycles. The molecule has 5 rings (SSSR count). The molecule has 1 amide bonds. The van der Waals surface area contributed by atoms with Crippen LogP contribution in [0.25, 0.3) is 28.0 Å². The second kappa shape index (κ2) is 10.2. The van der Waals surface area contributed by atoms with Gasteiger partial charge in [0.15, 0.2) is 5.82 Å². The largest absolute Gasteiger partial charge is 0.306 e. The Hall–Kier alpha value is -4.50. The third-order valence-corrected chi connectivity index (χ3v) is 5.86. The molecule has 0 unspecified atom stereocenters. The van der Waals surface area contributed by atoms with Gasteiger partial charge in [0, 0.05) is 29.9 Å². The number of benzene rings is 3. The Labute approximate surface area is 212 Å². The van der Waals surface area contributed by atoms with Gasteiger partial charge >= 0.3 is 0 Å². The van der Waals surface area contributed by atoms with E-state index in [9.17, 15) is 9.18 Å². The van der Waals surface area contributed by atoms with E-state index in [4.69, 9.17) is 5.10 Å². The number of anilines is 1. The van der Waals surface area contributed by atoms with Crippen LogP contribution in [0.1, 0.15) is 21.5 Å². The molecule has 0 radical (unpaired) electrons. The normalized spacial score (nSPS) is 11.3. The van der Waals surface area contributed by atoms with E-state index in [2.05, 4.69) is 20.2 Å². The van der Waals surface area contributed by atoms with Crippen molar-refractivity contribution in [3.63, 3.8) is 0 Å². The van der Waals surface area contributed by atoms with Gasteiger partial charge < -0.3 is 10.2 Å². The SMILES string of the molecule is CN(C)Cc1ccc2c(NC(=O)c3cc(-c4ncccn4)c(CF)cc3F)n(-c3ccccc3)nc2c1. The Morgan fingerprint density at radius 2 is 1.76 bits per heavy atom. The zero-order valence-electron chi connectivity index (χ0n) is 20.3. The van der Waals surface area contributed by atoms with Gasteiger partial charge in [0.2, 0.25) is 0 Å². The lowest BCUT2D eigenvalue weighted by Crippen LogP contribution is -2.17. The maximum atomic E-state index is 15.0. The predicted molar refractivity (Wildman–Crippen MR) is 139 cm³/mol. The number of amides is 1. The summed E-state index contributed by atoms with van der Waals surface area (Å²) in [7, 11) is 3.96. The van der Waals surface area contributed by atoms with Gasteiger partial charge in [-0.15, -0.1) is 0 Å². The fourth-order valence-electron chi connectivity index (χ4n) is 4.19. The third kappa shape index (κ3) is 4.94. The zero-order chi connectivity index (χ0) is 25.9. The molecule has 3 aromatic carbocycles. The summed E-state index contributed by atoms with van der Waals surface area (Å²) in [5.41, 5.74) is 2.55. The fourth-order valence-corrected chi connectivity index (χ4v) is 4.19. The van der Waals surface area contributed by atoms with Gasteiger partial charge in [-0.25, -0.2) is 23.4 Å². The monoisotopic (exact) mass is 498 g/mol. The Balaban J connectivity index is 1.59. The summed E-state index contributed by atoms with van der Waals surface area (Å²) in [6.07, 6.45) is 3.01. The van der Waals surface area contributed by atoms with Crippen molar-refractivity contribution in [1.82, 2.24) is 24.6 Å². The number of fused-ring (bicyclic) bond motifs is 1. The van der Waals surface area contributed by atoms with Gasteiger partial charge in [0.25, 0.3) is 5.91 Å². The molecule has 0 saturated heterocycles. The summed E-state index contributed by atoms with van der Waals surface area (Å²) in [6, 6.07) is 19.1. The van der Waals surface area contributed by atoms with E-state index >= 15 is 4.39 Å². The molecule has 7 nitrogen and oxygen atoms in total. The molecule has 0 bridgehead atoms. The second-order valence-electron chi connectivity index (χ2n) is 8.83. The summed E-state index contributed by atoms with van der Waals surface area (Å²) in [6.45, 7) is -0.195. The molecular formula is C28H24F2N6O. The Bertz CT molecular complexity index is 1570. The molecule has 0 spiro atoms. The minimum Gasteiger partial charge on any atom is -0.306 e. The molecule has 1 N–H and O–H groups in total. The van der Waals surface area contributed by atoms with E-state index in [-0.39, 0.29) is 22.5 Å². The smallest absolute Gasteiger partial charge is 0.259 e. The van der Waals surface area contributed by atoms with Crippen molar-refractivity contribution >= 4 is 22.6 Å².